The van der Waals surface area contributed by atoms with Crippen LogP contribution in [0.5, 0.6) is 0 Å². The van der Waals surface area contributed by atoms with E-state index in [0.717, 1.165) is 23.5 Å². The smallest absolute Gasteiger partial charge is 0.390 e. The minimum atomic E-state index is -5.74. The number of nitrogens with one attached hydrogen (secondary N) is 1. The third-order valence-electron chi connectivity index (χ3n) is 5.06. The summed E-state index contributed by atoms with van der Waals surface area (Å²) in [5, 5.41) is 24.4. The molecule has 1 aliphatic heterocycles. The van der Waals surface area contributed by atoms with Gasteiger partial charge in [0.2, 0.25) is 12.1 Å². The van der Waals surface area contributed by atoms with Crippen LogP contribution >= 0.6 is 23.5 Å². The first-order chi connectivity index (χ1) is 18.5. The predicted molar refractivity (Wildman–Crippen MR) is 133 cm³/mol. The number of nitro groups is 1. The summed E-state index contributed by atoms with van der Waals surface area (Å²) in [4.78, 5) is 58.4. The van der Waals surface area contributed by atoms with Crippen molar-refractivity contribution in [1.82, 2.24) is 9.88 Å². The molecule has 8 N–H and O–H groups in total. The number of nitrogens with two attached hydrogens (primary N) is 1. The summed E-state index contributed by atoms with van der Waals surface area (Å²) < 4.78 is 52.2. The van der Waals surface area contributed by atoms with Gasteiger partial charge in [-0.15, -0.1) is 0 Å². The van der Waals surface area contributed by atoms with Gasteiger partial charge >= 0.3 is 29.3 Å². The maximum absolute atomic E-state index is 11.9. The average Bonchev–Trinajstić information content (AvgIpc) is 3.39. The van der Waals surface area contributed by atoms with Crippen LogP contribution in [0.25, 0.3) is 0 Å². The standard InChI is InChI=1S/C18H29N4O15P3/c19-7-3-1-2-6-16(24)20-8-4-5-13-9-17(22(25)26)21(11-13)18-10-14(23)15(35-18)12-34-39(30,31)37-40(32,33)36-38(27,28)29/h9,11,14-15,18,23H,1-3,6-8,10,12,19H2,(H,20,24)(H,30,31)(H,32,33)(H2,27,28,29)/t14?,15-,18-/m1/s1. The average molecular weight is 634 g/mol. The third kappa shape index (κ3) is 11.9. The van der Waals surface area contributed by atoms with Crippen molar-refractivity contribution < 1.29 is 66.0 Å². The minimum Gasteiger partial charge on any atom is -0.390 e. The number of phosphoric acid groups is 3. The summed E-state index contributed by atoms with van der Waals surface area (Å²) in [5.74, 6) is 4.67. The lowest BCUT2D eigenvalue weighted by Gasteiger charge is -2.18. The van der Waals surface area contributed by atoms with Gasteiger partial charge in [0.05, 0.1) is 30.9 Å². The molecule has 0 aliphatic carbocycles. The molecule has 1 aromatic rings. The van der Waals surface area contributed by atoms with Crippen LogP contribution in [0.2, 0.25) is 0 Å². The highest BCUT2D eigenvalue weighted by Gasteiger charge is 2.44. The summed E-state index contributed by atoms with van der Waals surface area (Å²) in [7, 11) is -16.8. The van der Waals surface area contributed by atoms with Gasteiger partial charge in [-0.25, -0.2) is 18.3 Å². The number of aromatic nitrogens is 1. The Bertz CT molecular complexity index is 1250. The van der Waals surface area contributed by atoms with E-state index in [1.54, 1.807) is 0 Å². The van der Waals surface area contributed by atoms with Gasteiger partial charge in [0.1, 0.15) is 12.3 Å². The molecule has 22 heteroatoms. The van der Waals surface area contributed by atoms with Gasteiger partial charge in [0.25, 0.3) is 0 Å². The Morgan fingerprint density at radius 2 is 1.90 bits per heavy atom. The second kappa shape index (κ2) is 14.8. The Morgan fingerprint density at radius 3 is 2.52 bits per heavy atom. The highest BCUT2D eigenvalue weighted by molar-refractivity contribution is 7.66. The fourth-order valence-corrected chi connectivity index (χ4v) is 6.43. The van der Waals surface area contributed by atoms with Gasteiger partial charge in [-0.2, -0.15) is 8.62 Å². The van der Waals surface area contributed by atoms with E-state index in [1.807, 2.05) is 0 Å². The summed E-state index contributed by atoms with van der Waals surface area (Å²) in [6.07, 6.45) is -0.276. The van der Waals surface area contributed by atoms with E-state index in [4.69, 9.17) is 20.3 Å². The largest absolute Gasteiger partial charge is 0.490 e. The van der Waals surface area contributed by atoms with Gasteiger partial charge in [0.15, 0.2) is 0 Å². The lowest BCUT2D eigenvalue weighted by atomic mass is 10.2. The monoisotopic (exact) mass is 634 g/mol. The van der Waals surface area contributed by atoms with E-state index in [9.17, 15) is 43.5 Å². The SMILES string of the molecule is NCCCCCC(=O)NCC#Cc1cc([N+](=O)[O-])n([C@H]2CC(O)[C@@H](COP(=O)(O)OP(=O)(O)OP(=O)(O)O)O2)c1. The van der Waals surface area contributed by atoms with Crippen molar-refractivity contribution in [2.75, 3.05) is 19.7 Å². The van der Waals surface area contributed by atoms with Gasteiger partial charge in [-0.05, 0) is 24.3 Å². The number of phosphoric ester groups is 1. The van der Waals surface area contributed by atoms with Crippen LogP contribution in [-0.4, -0.2) is 72.0 Å². The molecule has 2 heterocycles. The lowest BCUT2D eigenvalue weighted by Crippen LogP contribution is -2.26. The van der Waals surface area contributed by atoms with Crippen LogP contribution in [0.4, 0.5) is 5.82 Å². The highest BCUT2D eigenvalue weighted by Crippen LogP contribution is 2.66. The van der Waals surface area contributed by atoms with E-state index >= 15 is 0 Å². The summed E-state index contributed by atoms with van der Waals surface area (Å²) in [5.41, 5.74) is 5.59. The summed E-state index contributed by atoms with van der Waals surface area (Å²) in [6, 6.07) is 1.14. The Hall–Kier alpha value is -2.00. The topological polar surface area (TPSA) is 292 Å². The van der Waals surface area contributed by atoms with Crippen molar-refractivity contribution in [2.24, 2.45) is 5.73 Å². The zero-order valence-electron chi connectivity index (χ0n) is 20.7. The normalized spacial score (nSPS) is 22.1. The van der Waals surface area contributed by atoms with Crippen molar-refractivity contribution in [3.05, 3.63) is 27.9 Å². The van der Waals surface area contributed by atoms with Crippen LogP contribution in [0.1, 0.15) is 43.9 Å². The van der Waals surface area contributed by atoms with Gasteiger partial charge in [-0.3, -0.25) is 9.32 Å². The molecular formula is C18H29N4O15P3. The molecule has 2 rings (SSSR count). The van der Waals surface area contributed by atoms with Crippen LogP contribution < -0.4 is 11.1 Å². The number of carbonyl (C=O) groups is 1. The molecule has 1 aromatic heterocycles. The zero-order valence-corrected chi connectivity index (χ0v) is 23.4. The van der Waals surface area contributed by atoms with Crippen molar-refractivity contribution in [2.45, 2.75) is 50.5 Å². The molecular weight excluding hydrogens is 605 g/mol. The number of nitrogens with zero attached hydrogens (tertiary/aromatic N) is 2. The van der Waals surface area contributed by atoms with E-state index < -0.39 is 59.3 Å². The van der Waals surface area contributed by atoms with Crippen molar-refractivity contribution >= 4 is 35.2 Å². The molecule has 5 atom stereocenters. The molecule has 1 amide bonds. The first-order valence-corrected chi connectivity index (χ1v) is 16.0. The number of hydrogen-bond acceptors (Lipinski definition) is 12. The Kier molecular flexibility index (Phi) is 12.6. The maximum atomic E-state index is 11.9. The molecule has 226 valence electrons. The molecule has 3 unspecified atom stereocenters. The Labute approximate surface area is 227 Å². The molecule has 40 heavy (non-hydrogen) atoms. The first kappa shape index (κ1) is 34.2. The second-order valence-corrected chi connectivity index (χ2v) is 12.7. The highest BCUT2D eigenvalue weighted by atomic mass is 31.3. The third-order valence-corrected chi connectivity index (χ3v) is 8.86. The van der Waals surface area contributed by atoms with Crippen molar-refractivity contribution in [1.29, 1.82) is 0 Å². The quantitative estimate of drug-likeness (QED) is 0.0451. The minimum absolute atomic E-state index is 0.00395. The van der Waals surface area contributed by atoms with E-state index in [1.165, 1.54) is 6.20 Å². The molecule has 0 aromatic carbocycles. The molecule has 0 spiro atoms. The van der Waals surface area contributed by atoms with Gasteiger partial charge < -0.3 is 50.6 Å². The molecule has 1 aliphatic rings. The molecule has 1 saturated heterocycles. The molecule has 0 bridgehead atoms. The van der Waals surface area contributed by atoms with Crippen LogP contribution in [0, 0.1) is 22.0 Å². The maximum Gasteiger partial charge on any atom is 0.490 e. The molecule has 19 nitrogen and oxygen atoms in total. The number of aliphatic hydroxyl groups is 1. The number of amides is 1. The molecule has 1 fully saturated rings. The Balaban J connectivity index is 1.99. The molecule has 0 saturated carbocycles. The fourth-order valence-electron chi connectivity index (χ4n) is 3.40. The van der Waals surface area contributed by atoms with Crippen molar-refractivity contribution in [3.8, 4) is 11.8 Å². The first-order valence-electron chi connectivity index (χ1n) is 11.5. The number of carbonyl (C=O) groups excluding carboxylic acids is 1. The number of ether oxygens (including phenoxy) is 1. The number of unbranched alkanes of at least 4 members (excludes halogenated alkanes) is 2. The Morgan fingerprint density at radius 1 is 1.20 bits per heavy atom. The summed E-state index contributed by atoms with van der Waals surface area (Å²) >= 11 is 0. The number of hydrogen-bond donors (Lipinski definition) is 7. The van der Waals surface area contributed by atoms with Gasteiger partial charge in [0, 0.05) is 12.8 Å². The van der Waals surface area contributed by atoms with Crippen LogP contribution in [-0.2, 0) is 36.4 Å². The fraction of sp³-hybridized carbons (Fsp3) is 0.611. The predicted octanol–water partition coefficient (Wildman–Crippen LogP) is 0.375. The van der Waals surface area contributed by atoms with Crippen LogP contribution in [0.15, 0.2) is 12.3 Å². The lowest BCUT2D eigenvalue weighted by molar-refractivity contribution is -0.393. The van der Waals surface area contributed by atoms with E-state index in [2.05, 4.69) is 30.3 Å². The zero-order chi connectivity index (χ0) is 30.1. The van der Waals surface area contributed by atoms with E-state index in [-0.39, 0.29) is 24.4 Å². The van der Waals surface area contributed by atoms with Crippen LogP contribution in [0.3, 0.4) is 0 Å². The number of rotatable bonds is 15. The molecule has 0 radical (unpaired) electrons. The summed E-state index contributed by atoms with van der Waals surface area (Å²) in [6.45, 7) is -0.391. The van der Waals surface area contributed by atoms with Gasteiger partial charge in [-0.1, -0.05) is 18.3 Å². The number of aliphatic hydroxyl groups excluding tert-OH is 1. The second-order valence-electron chi connectivity index (χ2n) is 8.25. The van der Waals surface area contributed by atoms with E-state index in [0.29, 0.717) is 19.4 Å². The van der Waals surface area contributed by atoms with Crippen molar-refractivity contribution in [3.63, 3.8) is 0 Å².